The number of aryl methyl sites for hydroxylation is 1. The number of nitrogens with two attached hydrogens (primary N) is 1. The van der Waals surface area contributed by atoms with Crippen LogP contribution in [0.1, 0.15) is 16.1 Å². The molecule has 0 atom stereocenters. The van der Waals surface area contributed by atoms with Gasteiger partial charge in [-0.2, -0.15) is 0 Å². The fourth-order valence-corrected chi connectivity index (χ4v) is 2.14. The van der Waals surface area contributed by atoms with Crippen LogP contribution in [-0.4, -0.2) is 10.9 Å². The van der Waals surface area contributed by atoms with Gasteiger partial charge in [-0.25, -0.2) is 10.8 Å². The number of nitrogens with zero attached hydrogens (tertiary/aromatic N) is 1. The van der Waals surface area contributed by atoms with E-state index in [1.807, 2.05) is 43.3 Å². The number of nitrogen functional groups attached to an aromatic ring is 1. The number of rotatable bonds is 2. The largest absolute Gasteiger partial charge is 0.460 e. The molecule has 1 amide bonds. The molecule has 2 aromatic heterocycles. The molecule has 0 bridgehead atoms. The van der Waals surface area contributed by atoms with Crippen molar-refractivity contribution < 1.29 is 9.21 Å². The number of fused-ring (bicyclic) bond motifs is 1. The van der Waals surface area contributed by atoms with Gasteiger partial charge < -0.3 is 4.42 Å². The van der Waals surface area contributed by atoms with Crippen molar-refractivity contribution in [1.82, 2.24) is 10.4 Å². The number of aromatic nitrogens is 1. The van der Waals surface area contributed by atoms with Gasteiger partial charge in [0.05, 0.1) is 11.1 Å². The minimum Gasteiger partial charge on any atom is -0.460 e. The van der Waals surface area contributed by atoms with Crippen LogP contribution in [0.4, 0.5) is 0 Å². The standard InChI is InChI=1S/C15H13N3O2/c1-9-6-7-14(20-9)13-8-11(15(19)18-16)10-4-2-3-5-12(10)17-13/h2-8H,16H2,1H3,(H,18,19). The second-order valence-corrected chi connectivity index (χ2v) is 4.46. The highest BCUT2D eigenvalue weighted by Gasteiger charge is 2.14. The smallest absolute Gasteiger partial charge is 0.265 e. The Kier molecular flexibility index (Phi) is 2.96. The maximum Gasteiger partial charge on any atom is 0.265 e. The van der Waals surface area contributed by atoms with Crippen molar-refractivity contribution in [3.05, 3.63) is 53.8 Å². The van der Waals surface area contributed by atoms with Gasteiger partial charge in [0.2, 0.25) is 0 Å². The van der Waals surface area contributed by atoms with Crippen molar-refractivity contribution >= 4 is 16.8 Å². The van der Waals surface area contributed by atoms with E-state index in [0.29, 0.717) is 17.0 Å². The van der Waals surface area contributed by atoms with E-state index in [-0.39, 0.29) is 5.91 Å². The molecular weight excluding hydrogens is 254 g/mol. The first kappa shape index (κ1) is 12.4. The Bertz CT molecular complexity index is 793. The van der Waals surface area contributed by atoms with Crippen LogP contribution in [0.2, 0.25) is 0 Å². The van der Waals surface area contributed by atoms with Crippen molar-refractivity contribution in [3.63, 3.8) is 0 Å². The van der Waals surface area contributed by atoms with Gasteiger partial charge in [-0.15, -0.1) is 0 Å². The molecule has 0 saturated heterocycles. The van der Waals surface area contributed by atoms with Crippen LogP contribution in [0.5, 0.6) is 0 Å². The third-order valence-corrected chi connectivity index (χ3v) is 3.08. The van der Waals surface area contributed by atoms with E-state index in [9.17, 15) is 4.79 Å². The lowest BCUT2D eigenvalue weighted by Gasteiger charge is -2.07. The van der Waals surface area contributed by atoms with Crippen LogP contribution in [-0.2, 0) is 0 Å². The molecule has 3 aromatic rings. The van der Waals surface area contributed by atoms with Crippen molar-refractivity contribution in [2.45, 2.75) is 6.92 Å². The van der Waals surface area contributed by atoms with E-state index in [2.05, 4.69) is 10.4 Å². The Morgan fingerprint density at radius 3 is 2.75 bits per heavy atom. The Hall–Kier alpha value is -2.66. The molecule has 3 N–H and O–H groups in total. The highest BCUT2D eigenvalue weighted by Crippen LogP contribution is 2.26. The van der Waals surface area contributed by atoms with E-state index in [1.54, 1.807) is 6.07 Å². The predicted molar refractivity (Wildman–Crippen MR) is 75.8 cm³/mol. The van der Waals surface area contributed by atoms with E-state index >= 15 is 0 Å². The van der Waals surface area contributed by atoms with Gasteiger partial charge in [-0.05, 0) is 31.2 Å². The van der Waals surface area contributed by atoms with Crippen LogP contribution in [0.25, 0.3) is 22.4 Å². The molecule has 0 spiro atoms. The van der Waals surface area contributed by atoms with Crippen LogP contribution in [0.3, 0.4) is 0 Å². The molecule has 0 fully saturated rings. The molecule has 5 heteroatoms. The first-order valence-corrected chi connectivity index (χ1v) is 6.16. The third-order valence-electron chi connectivity index (χ3n) is 3.08. The summed E-state index contributed by atoms with van der Waals surface area (Å²) in [5, 5.41) is 0.752. The maximum absolute atomic E-state index is 11.9. The zero-order valence-corrected chi connectivity index (χ0v) is 10.9. The van der Waals surface area contributed by atoms with Crippen molar-refractivity contribution in [3.8, 4) is 11.5 Å². The summed E-state index contributed by atoms with van der Waals surface area (Å²) in [7, 11) is 0. The predicted octanol–water partition coefficient (Wildman–Crippen LogP) is 2.41. The van der Waals surface area contributed by atoms with Gasteiger partial charge in [0, 0.05) is 5.39 Å². The normalized spacial score (nSPS) is 10.7. The maximum atomic E-state index is 11.9. The van der Waals surface area contributed by atoms with E-state index in [4.69, 9.17) is 10.3 Å². The minimum absolute atomic E-state index is 0.354. The zero-order valence-electron chi connectivity index (χ0n) is 10.9. The average Bonchev–Trinajstić information content (AvgIpc) is 2.92. The molecule has 3 rings (SSSR count). The number of para-hydroxylation sites is 1. The molecule has 0 saturated carbocycles. The average molecular weight is 267 g/mol. The highest BCUT2D eigenvalue weighted by atomic mass is 16.3. The molecule has 0 aliphatic rings. The van der Waals surface area contributed by atoms with Crippen LogP contribution in [0, 0.1) is 6.92 Å². The van der Waals surface area contributed by atoms with E-state index in [0.717, 1.165) is 16.7 Å². The van der Waals surface area contributed by atoms with Crippen molar-refractivity contribution in [1.29, 1.82) is 0 Å². The molecule has 20 heavy (non-hydrogen) atoms. The van der Waals surface area contributed by atoms with Crippen molar-refractivity contribution in [2.24, 2.45) is 5.84 Å². The molecule has 0 aliphatic carbocycles. The Labute approximate surface area is 115 Å². The zero-order chi connectivity index (χ0) is 14.1. The number of hydrogen-bond donors (Lipinski definition) is 2. The van der Waals surface area contributed by atoms with Crippen LogP contribution < -0.4 is 11.3 Å². The summed E-state index contributed by atoms with van der Waals surface area (Å²) in [6, 6.07) is 12.8. The SMILES string of the molecule is Cc1ccc(-c2cc(C(=O)NN)c3ccccc3n2)o1. The monoisotopic (exact) mass is 267 g/mol. The Morgan fingerprint density at radius 2 is 2.05 bits per heavy atom. The summed E-state index contributed by atoms with van der Waals surface area (Å²) in [6.45, 7) is 1.86. The lowest BCUT2D eigenvalue weighted by atomic mass is 10.1. The molecule has 0 unspecified atom stereocenters. The van der Waals surface area contributed by atoms with Gasteiger partial charge in [-0.1, -0.05) is 18.2 Å². The van der Waals surface area contributed by atoms with Gasteiger partial charge in [-0.3, -0.25) is 10.2 Å². The van der Waals surface area contributed by atoms with Crippen LogP contribution in [0.15, 0.2) is 46.9 Å². The van der Waals surface area contributed by atoms with E-state index < -0.39 is 0 Å². The summed E-state index contributed by atoms with van der Waals surface area (Å²) < 4.78 is 5.56. The lowest BCUT2D eigenvalue weighted by Crippen LogP contribution is -2.30. The number of pyridine rings is 1. The van der Waals surface area contributed by atoms with Gasteiger partial charge in [0.1, 0.15) is 11.5 Å². The van der Waals surface area contributed by atoms with Crippen LogP contribution >= 0.6 is 0 Å². The number of hydrazine groups is 1. The first-order valence-electron chi connectivity index (χ1n) is 6.16. The topological polar surface area (TPSA) is 81.2 Å². The number of nitrogens with one attached hydrogen (secondary N) is 1. The number of carbonyl (C=O) groups is 1. The van der Waals surface area contributed by atoms with E-state index in [1.165, 1.54) is 0 Å². The highest BCUT2D eigenvalue weighted by molar-refractivity contribution is 6.06. The first-order chi connectivity index (χ1) is 9.69. The van der Waals surface area contributed by atoms with Gasteiger partial charge >= 0.3 is 0 Å². The second-order valence-electron chi connectivity index (χ2n) is 4.46. The quantitative estimate of drug-likeness (QED) is 0.424. The minimum atomic E-state index is -0.354. The third kappa shape index (κ3) is 2.04. The summed E-state index contributed by atoms with van der Waals surface area (Å²) in [5.74, 6) is 6.31. The number of furan rings is 1. The van der Waals surface area contributed by atoms with Gasteiger partial charge in [0.25, 0.3) is 5.91 Å². The Balaban J connectivity index is 2.27. The van der Waals surface area contributed by atoms with Gasteiger partial charge in [0.15, 0.2) is 5.76 Å². The molecule has 5 nitrogen and oxygen atoms in total. The number of hydrogen-bond acceptors (Lipinski definition) is 4. The molecule has 1 aromatic carbocycles. The summed E-state index contributed by atoms with van der Waals surface area (Å²) in [4.78, 5) is 16.4. The molecular formula is C15H13N3O2. The molecule has 2 heterocycles. The number of amides is 1. The number of benzene rings is 1. The fraction of sp³-hybridized carbons (Fsp3) is 0.0667. The molecule has 0 aliphatic heterocycles. The lowest BCUT2D eigenvalue weighted by molar-refractivity contribution is 0.0955. The fourth-order valence-electron chi connectivity index (χ4n) is 2.14. The molecule has 0 radical (unpaired) electrons. The van der Waals surface area contributed by atoms with Crippen molar-refractivity contribution in [2.75, 3.05) is 0 Å². The summed E-state index contributed by atoms with van der Waals surface area (Å²) >= 11 is 0. The summed E-state index contributed by atoms with van der Waals surface area (Å²) in [5.41, 5.74) is 3.96. The number of carbonyl (C=O) groups excluding carboxylic acids is 1. The Morgan fingerprint density at radius 1 is 1.25 bits per heavy atom. The molecule has 100 valence electrons. The second kappa shape index (κ2) is 4.79. The summed E-state index contributed by atoms with van der Waals surface area (Å²) in [6.07, 6.45) is 0.